The van der Waals surface area contributed by atoms with Crippen LogP contribution in [0.2, 0.25) is 0 Å². The van der Waals surface area contributed by atoms with Crippen molar-refractivity contribution in [3.63, 3.8) is 0 Å². The molecule has 2 aromatic heterocycles. The van der Waals surface area contributed by atoms with Crippen molar-refractivity contribution in [3.8, 4) is 0 Å². The Hall–Kier alpha value is -0.560. The number of nitrogens with zero attached hydrogens (tertiary/aromatic N) is 2. The monoisotopic (exact) mass is 285 g/mol. The Labute approximate surface area is 115 Å². The molecule has 0 aliphatic carbocycles. The van der Waals surface area contributed by atoms with Crippen molar-refractivity contribution in [2.24, 2.45) is 0 Å². The molecule has 0 aromatic carbocycles. The number of aromatic nitrogens is 2. The number of imidazole rings is 1. The lowest BCUT2D eigenvalue weighted by Crippen LogP contribution is -2.23. The van der Waals surface area contributed by atoms with Crippen molar-refractivity contribution >= 4 is 28.1 Å². The van der Waals surface area contributed by atoms with Crippen LogP contribution in [0.1, 0.15) is 26.5 Å². The van der Waals surface area contributed by atoms with E-state index in [2.05, 4.69) is 34.7 Å². The highest BCUT2D eigenvalue weighted by Gasteiger charge is 2.16. The molecule has 0 saturated carbocycles. The van der Waals surface area contributed by atoms with Gasteiger partial charge in [0.05, 0.1) is 12.3 Å². The molecule has 18 heavy (non-hydrogen) atoms. The van der Waals surface area contributed by atoms with Crippen LogP contribution in [0.3, 0.4) is 0 Å². The van der Waals surface area contributed by atoms with Gasteiger partial charge in [0.25, 0.3) is 0 Å². The smallest absolute Gasteiger partial charge is 0.194 e. The average molecular weight is 285 g/mol. The van der Waals surface area contributed by atoms with E-state index < -0.39 is 0 Å². The van der Waals surface area contributed by atoms with Crippen LogP contribution in [-0.2, 0) is 6.54 Å². The summed E-state index contributed by atoms with van der Waals surface area (Å²) in [5.74, 6) is 0. The molecule has 1 unspecified atom stereocenters. The Bertz CT molecular complexity index is 506. The summed E-state index contributed by atoms with van der Waals surface area (Å²) in [6.45, 7) is 7.25. The topological polar surface area (TPSA) is 49.6 Å². The Balaban J connectivity index is 2.26. The zero-order valence-electron chi connectivity index (χ0n) is 10.9. The van der Waals surface area contributed by atoms with Gasteiger partial charge in [-0.25, -0.2) is 4.98 Å². The highest BCUT2D eigenvalue weighted by molar-refractivity contribution is 7.99. The largest absolute Gasteiger partial charge is 0.395 e. The minimum Gasteiger partial charge on any atom is -0.395 e. The molecule has 0 saturated heterocycles. The molecule has 4 nitrogen and oxygen atoms in total. The van der Waals surface area contributed by atoms with E-state index in [1.807, 2.05) is 12.3 Å². The van der Waals surface area contributed by atoms with Crippen LogP contribution in [0.15, 0.2) is 16.6 Å². The molecule has 0 aliphatic heterocycles. The molecule has 0 bridgehead atoms. The third-order valence-corrected chi connectivity index (χ3v) is 4.43. The normalized spacial score (nSPS) is 13.6. The van der Waals surface area contributed by atoms with E-state index in [0.29, 0.717) is 6.04 Å². The van der Waals surface area contributed by atoms with E-state index in [1.165, 1.54) is 5.69 Å². The summed E-state index contributed by atoms with van der Waals surface area (Å²) in [4.78, 5) is 5.65. The van der Waals surface area contributed by atoms with Crippen LogP contribution in [0.5, 0.6) is 0 Å². The summed E-state index contributed by atoms with van der Waals surface area (Å²) in [7, 11) is 0. The number of fused-ring (bicyclic) bond motifs is 1. The third kappa shape index (κ3) is 3.06. The van der Waals surface area contributed by atoms with Gasteiger partial charge in [0.15, 0.2) is 4.96 Å². The number of rotatable bonds is 6. The van der Waals surface area contributed by atoms with Gasteiger partial charge in [-0.2, -0.15) is 0 Å². The van der Waals surface area contributed by atoms with E-state index in [1.54, 1.807) is 23.1 Å². The zero-order chi connectivity index (χ0) is 13.1. The quantitative estimate of drug-likeness (QED) is 0.800. The minimum absolute atomic E-state index is 0.174. The minimum atomic E-state index is 0.174. The molecule has 100 valence electrons. The molecule has 2 rings (SSSR count). The molecule has 0 amide bonds. The lowest BCUT2D eigenvalue weighted by atomic mass is 10.3. The molecular formula is C12H19N3OS2. The molecular weight excluding hydrogens is 266 g/mol. The van der Waals surface area contributed by atoms with Crippen LogP contribution in [-0.4, -0.2) is 32.4 Å². The van der Waals surface area contributed by atoms with Crippen LogP contribution >= 0.6 is 23.1 Å². The van der Waals surface area contributed by atoms with Crippen LogP contribution in [0.25, 0.3) is 4.96 Å². The molecule has 2 aromatic rings. The molecule has 0 spiro atoms. The predicted octanol–water partition coefficient (Wildman–Crippen LogP) is 2.37. The van der Waals surface area contributed by atoms with E-state index in [4.69, 9.17) is 5.11 Å². The van der Waals surface area contributed by atoms with E-state index in [9.17, 15) is 0 Å². The summed E-state index contributed by atoms with van der Waals surface area (Å²) in [5.41, 5.74) is 1.19. The number of aliphatic hydroxyl groups excluding tert-OH is 1. The van der Waals surface area contributed by atoms with Gasteiger partial charge in [-0.05, 0) is 0 Å². The van der Waals surface area contributed by atoms with Gasteiger partial charge in [0.1, 0.15) is 5.03 Å². The Morgan fingerprint density at radius 1 is 1.50 bits per heavy atom. The van der Waals surface area contributed by atoms with Crippen molar-refractivity contribution in [3.05, 3.63) is 17.3 Å². The van der Waals surface area contributed by atoms with Gasteiger partial charge in [-0.15, -0.1) is 11.3 Å². The van der Waals surface area contributed by atoms with Crippen molar-refractivity contribution in [1.29, 1.82) is 0 Å². The Kier molecular flexibility index (Phi) is 4.66. The number of aliphatic hydroxyl groups is 1. The van der Waals surface area contributed by atoms with Gasteiger partial charge >= 0.3 is 0 Å². The fourth-order valence-corrected chi connectivity index (χ4v) is 3.29. The first kappa shape index (κ1) is 13.9. The van der Waals surface area contributed by atoms with Crippen molar-refractivity contribution in [1.82, 2.24) is 14.7 Å². The van der Waals surface area contributed by atoms with Gasteiger partial charge in [-0.1, -0.05) is 32.5 Å². The van der Waals surface area contributed by atoms with E-state index >= 15 is 0 Å². The van der Waals surface area contributed by atoms with Crippen LogP contribution < -0.4 is 5.32 Å². The Morgan fingerprint density at radius 2 is 2.28 bits per heavy atom. The SMILES string of the molecule is CC(C)NCc1c(SC(C)CO)nc2sccn12. The molecule has 2 N–H and O–H groups in total. The second kappa shape index (κ2) is 6.06. The summed E-state index contributed by atoms with van der Waals surface area (Å²) in [6, 6.07) is 0.447. The average Bonchev–Trinajstić information content (AvgIpc) is 2.87. The maximum atomic E-state index is 9.16. The fraction of sp³-hybridized carbons (Fsp3) is 0.583. The maximum absolute atomic E-state index is 9.16. The lowest BCUT2D eigenvalue weighted by molar-refractivity contribution is 0.300. The highest BCUT2D eigenvalue weighted by atomic mass is 32.2. The Morgan fingerprint density at radius 3 is 2.94 bits per heavy atom. The molecule has 0 radical (unpaired) electrons. The fourth-order valence-electron chi connectivity index (χ4n) is 1.60. The molecule has 2 heterocycles. The van der Waals surface area contributed by atoms with Crippen LogP contribution in [0, 0.1) is 0 Å². The van der Waals surface area contributed by atoms with E-state index in [-0.39, 0.29) is 11.9 Å². The zero-order valence-corrected chi connectivity index (χ0v) is 12.5. The summed E-state index contributed by atoms with van der Waals surface area (Å²) < 4.78 is 2.13. The number of thioether (sulfide) groups is 1. The second-order valence-corrected chi connectivity index (χ2v) is 6.87. The first-order chi connectivity index (χ1) is 8.61. The van der Waals surface area contributed by atoms with Crippen molar-refractivity contribution in [2.75, 3.05) is 6.61 Å². The second-order valence-electron chi connectivity index (χ2n) is 4.57. The maximum Gasteiger partial charge on any atom is 0.194 e. The number of thiazole rings is 1. The predicted molar refractivity (Wildman–Crippen MR) is 77.4 cm³/mol. The molecule has 0 aliphatic rings. The van der Waals surface area contributed by atoms with Crippen molar-refractivity contribution < 1.29 is 5.11 Å². The summed E-state index contributed by atoms with van der Waals surface area (Å²) >= 11 is 3.28. The molecule has 6 heteroatoms. The number of nitrogens with one attached hydrogen (secondary N) is 1. The first-order valence-electron chi connectivity index (χ1n) is 6.07. The standard InChI is InChI=1S/C12H19N3OS2/c1-8(2)13-6-10-11(18-9(3)7-16)14-12-15(10)4-5-17-12/h4-5,8-9,13,16H,6-7H2,1-3H3. The van der Waals surface area contributed by atoms with Gasteiger partial charge in [-0.3, -0.25) is 4.40 Å². The highest BCUT2D eigenvalue weighted by Crippen LogP contribution is 2.28. The third-order valence-electron chi connectivity index (χ3n) is 2.57. The summed E-state index contributed by atoms with van der Waals surface area (Å²) in [6.07, 6.45) is 2.05. The van der Waals surface area contributed by atoms with Crippen molar-refractivity contribution in [2.45, 2.75) is 43.6 Å². The van der Waals surface area contributed by atoms with E-state index in [0.717, 1.165) is 16.5 Å². The van der Waals surface area contributed by atoms with Gasteiger partial charge < -0.3 is 10.4 Å². The van der Waals surface area contributed by atoms with Crippen LogP contribution in [0.4, 0.5) is 0 Å². The lowest BCUT2D eigenvalue weighted by Gasteiger charge is -2.10. The summed E-state index contributed by atoms with van der Waals surface area (Å²) in [5, 5.41) is 15.8. The molecule has 1 atom stereocenters. The number of hydrogen-bond donors (Lipinski definition) is 2. The van der Waals surface area contributed by atoms with Gasteiger partial charge in [0.2, 0.25) is 0 Å². The number of hydrogen-bond acceptors (Lipinski definition) is 5. The first-order valence-corrected chi connectivity index (χ1v) is 7.83. The van der Waals surface area contributed by atoms with Gasteiger partial charge in [0, 0.05) is 29.4 Å². The molecule has 0 fully saturated rings.